The molecule has 4 nitrogen and oxygen atoms in total. The lowest BCUT2D eigenvalue weighted by Crippen LogP contribution is -2.45. The second kappa shape index (κ2) is 6.07. The van der Waals surface area contributed by atoms with Gasteiger partial charge in [0.1, 0.15) is 0 Å². The van der Waals surface area contributed by atoms with Crippen LogP contribution in [0.1, 0.15) is 18.5 Å². The maximum Gasteiger partial charge on any atom is 0.0599 e. The molecule has 0 saturated carbocycles. The second-order valence-corrected chi connectivity index (χ2v) is 5.01. The molecule has 0 aliphatic carbocycles. The highest BCUT2D eigenvalue weighted by Crippen LogP contribution is 2.13. The van der Waals surface area contributed by atoms with Gasteiger partial charge in [0.05, 0.1) is 5.69 Å². The summed E-state index contributed by atoms with van der Waals surface area (Å²) in [5, 5.41) is 0. The molecule has 0 amide bonds. The Morgan fingerprint density at radius 2 is 2.29 bits per heavy atom. The van der Waals surface area contributed by atoms with Gasteiger partial charge in [-0.15, -0.1) is 0 Å². The summed E-state index contributed by atoms with van der Waals surface area (Å²) < 4.78 is 0. The van der Waals surface area contributed by atoms with Crippen LogP contribution in [-0.4, -0.2) is 59.5 Å². The van der Waals surface area contributed by atoms with E-state index in [1.54, 1.807) is 12.4 Å². The minimum atomic E-state index is 0.714. The van der Waals surface area contributed by atoms with Crippen LogP contribution >= 0.6 is 0 Å². The van der Waals surface area contributed by atoms with Crippen LogP contribution in [0.25, 0.3) is 0 Å². The molecule has 4 heteroatoms. The first kappa shape index (κ1) is 12.5. The average Bonchev–Trinajstić information content (AvgIpc) is 2.38. The van der Waals surface area contributed by atoms with Gasteiger partial charge in [0.2, 0.25) is 0 Å². The molecule has 17 heavy (non-hydrogen) atoms. The Morgan fingerprint density at radius 1 is 1.41 bits per heavy atom. The monoisotopic (exact) mass is 234 g/mol. The van der Waals surface area contributed by atoms with Crippen LogP contribution in [0, 0.1) is 0 Å². The molecule has 1 aliphatic heterocycles. The van der Waals surface area contributed by atoms with E-state index in [1.165, 1.54) is 25.9 Å². The zero-order valence-electron chi connectivity index (χ0n) is 10.8. The summed E-state index contributed by atoms with van der Waals surface area (Å²) in [5.74, 6) is 0. The largest absolute Gasteiger partial charge is 0.305 e. The van der Waals surface area contributed by atoms with Crippen LogP contribution in [0.4, 0.5) is 0 Å². The Balaban J connectivity index is 1.79. The smallest absolute Gasteiger partial charge is 0.0599 e. The summed E-state index contributed by atoms with van der Waals surface area (Å²) in [6, 6.07) is 0.714. The van der Waals surface area contributed by atoms with Crippen LogP contribution in [0.2, 0.25) is 0 Å². The third-order valence-corrected chi connectivity index (χ3v) is 3.51. The first-order chi connectivity index (χ1) is 8.25. The molecule has 1 aromatic heterocycles. The van der Waals surface area contributed by atoms with Crippen molar-refractivity contribution in [2.24, 2.45) is 0 Å². The molecule has 0 aromatic carbocycles. The summed E-state index contributed by atoms with van der Waals surface area (Å²) in [6.07, 6.45) is 9.01. The number of hydrogen-bond acceptors (Lipinski definition) is 4. The van der Waals surface area contributed by atoms with Crippen molar-refractivity contribution in [2.45, 2.75) is 25.3 Å². The maximum absolute atomic E-state index is 4.32. The molecule has 2 heterocycles. The summed E-state index contributed by atoms with van der Waals surface area (Å²) >= 11 is 0. The quantitative estimate of drug-likeness (QED) is 0.779. The third kappa shape index (κ3) is 3.75. The minimum Gasteiger partial charge on any atom is -0.305 e. The first-order valence-corrected chi connectivity index (χ1v) is 6.39. The standard InChI is InChI=1S/C13H22N4/c1-16(2)13-4-3-8-17(11-13)9-5-12-10-14-6-7-15-12/h6-7,10,13H,3-5,8-9,11H2,1-2H3. The summed E-state index contributed by atoms with van der Waals surface area (Å²) in [6.45, 7) is 3.51. The summed E-state index contributed by atoms with van der Waals surface area (Å²) in [4.78, 5) is 13.3. The van der Waals surface area contributed by atoms with Gasteiger partial charge in [-0.05, 0) is 33.5 Å². The SMILES string of the molecule is CN(C)C1CCCN(CCc2cnccn2)C1. The van der Waals surface area contributed by atoms with Crippen LogP contribution in [0.5, 0.6) is 0 Å². The maximum atomic E-state index is 4.32. The first-order valence-electron chi connectivity index (χ1n) is 6.39. The van der Waals surface area contributed by atoms with E-state index in [4.69, 9.17) is 0 Å². The Kier molecular flexibility index (Phi) is 4.45. The number of piperidine rings is 1. The minimum absolute atomic E-state index is 0.714. The van der Waals surface area contributed by atoms with Gasteiger partial charge in [0, 0.05) is 44.1 Å². The molecule has 1 fully saturated rings. The van der Waals surface area contributed by atoms with E-state index in [9.17, 15) is 0 Å². The molecule has 1 unspecified atom stereocenters. The van der Waals surface area contributed by atoms with Gasteiger partial charge in [-0.3, -0.25) is 9.97 Å². The van der Waals surface area contributed by atoms with Crippen molar-refractivity contribution >= 4 is 0 Å². The van der Waals surface area contributed by atoms with Crippen molar-refractivity contribution in [1.29, 1.82) is 0 Å². The van der Waals surface area contributed by atoms with Gasteiger partial charge >= 0.3 is 0 Å². The van der Waals surface area contributed by atoms with Crippen molar-refractivity contribution in [3.63, 3.8) is 0 Å². The van der Waals surface area contributed by atoms with Crippen molar-refractivity contribution < 1.29 is 0 Å². The van der Waals surface area contributed by atoms with Crippen LogP contribution in [0.3, 0.4) is 0 Å². The molecular weight excluding hydrogens is 212 g/mol. The Hall–Kier alpha value is -1.00. The average molecular weight is 234 g/mol. The lowest BCUT2D eigenvalue weighted by Gasteiger charge is -2.36. The predicted octanol–water partition coefficient (Wildman–Crippen LogP) is 1.05. The van der Waals surface area contributed by atoms with Gasteiger partial charge in [-0.1, -0.05) is 0 Å². The van der Waals surface area contributed by atoms with Crippen molar-refractivity contribution in [3.8, 4) is 0 Å². The van der Waals surface area contributed by atoms with Gasteiger partial charge < -0.3 is 9.80 Å². The van der Waals surface area contributed by atoms with Crippen molar-refractivity contribution in [3.05, 3.63) is 24.3 Å². The number of aromatic nitrogens is 2. The number of likely N-dealkylation sites (N-methyl/N-ethyl adjacent to an activating group) is 1. The van der Waals surface area contributed by atoms with Crippen molar-refractivity contribution in [1.82, 2.24) is 19.8 Å². The molecule has 0 N–H and O–H groups in total. The Morgan fingerprint density at radius 3 is 3.00 bits per heavy atom. The molecule has 1 aliphatic rings. The second-order valence-electron chi connectivity index (χ2n) is 5.01. The lowest BCUT2D eigenvalue weighted by molar-refractivity contribution is 0.134. The fourth-order valence-electron chi connectivity index (χ4n) is 2.39. The number of rotatable bonds is 4. The van der Waals surface area contributed by atoms with E-state index in [2.05, 4.69) is 33.9 Å². The molecule has 1 saturated heterocycles. The molecule has 2 rings (SSSR count). The van der Waals surface area contributed by atoms with Crippen LogP contribution in [0.15, 0.2) is 18.6 Å². The van der Waals surface area contributed by atoms with Crippen LogP contribution < -0.4 is 0 Å². The third-order valence-electron chi connectivity index (χ3n) is 3.51. The van der Waals surface area contributed by atoms with E-state index in [0.717, 1.165) is 18.7 Å². The van der Waals surface area contributed by atoms with Gasteiger partial charge in [0.25, 0.3) is 0 Å². The summed E-state index contributed by atoms with van der Waals surface area (Å²) in [5.41, 5.74) is 1.10. The van der Waals surface area contributed by atoms with Crippen molar-refractivity contribution in [2.75, 3.05) is 33.7 Å². The fraction of sp³-hybridized carbons (Fsp3) is 0.692. The lowest BCUT2D eigenvalue weighted by atomic mass is 10.0. The normalized spacial score (nSPS) is 21.9. The van der Waals surface area contributed by atoms with Gasteiger partial charge in [-0.2, -0.15) is 0 Å². The highest BCUT2D eigenvalue weighted by molar-refractivity contribution is 4.95. The number of nitrogens with zero attached hydrogens (tertiary/aromatic N) is 4. The van der Waals surface area contributed by atoms with Crippen LogP contribution in [-0.2, 0) is 6.42 Å². The molecule has 1 aromatic rings. The van der Waals surface area contributed by atoms with E-state index in [1.807, 2.05) is 6.20 Å². The number of likely N-dealkylation sites (tertiary alicyclic amines) is 1. The predicted molar refractivity (Wildman–Crippen MR) is 68.9 cm³/mol. The molecule has 1 atom stereocenters. The molecule has 0 spiro atoms. The molecule has 0 bridgehead atoms. The van der Waals surface area contributed by atoms with Gasteiger partial charge in [-0.25, -0.2) is 0 Å². The van der Waals surface area contributed by atoms with E-state index in [-0.39, 0.29) is 0 Å². The Bertz CT molecular complexity index is 325. The molecule has 0 radical (unpaired) electrons. The van der Waals surface area contributed by atoms with Gasteiger partial charge in [0.15, 0.2) is 0 Å². The van der Waals surface area contributed by atoms with E-state index < -0.39 is 0 Å². The topological polar surface area (TPSA) is 32.3 Å². The van der Waals surface area contributed by atoms with E-state index in [0.29, 0.717) is 6.04 Å². The zero-order valence-corrected chi connectivity index (χ0v) is 10.8. The number of hydrogen-bond donors (Lipinski definition) is 0. The molecular formula is C13H22N4. The van der Waals surface area contributed by atoms with E-state index >= 15 is 0 Å². The summed E-state index contributed by atoms with van der Waals surface area (Å²) in [7, 11) is 4.35. The molecule has 94 valence electrons. The zero-order chi connectivity index (χ0) is 12.1. The highest BCUT2D eigenvalue weighted by Gasteiger charge is 2.20. The Labute approximate surface area is 104 Å². The fourth-order valence-corrected chi connectivity index (χ4v) is 2.39. The highest BCUT2D eigenvalue weighted by atomic mass is 15.2.